The van der Waals surface area contributed by atoms with Crippen molar-refractivity contribution in [3.63, 3.8) is 0 Å². The molecule has 0 unspecified atom stereocenters. The summed E-state index contributed by atoms with van der Waals surface area (Å²) in [5, 5.41) is 2.64. The SMILES string of the molecule is In1c2ccccc2c2cc3c(cc21)-c1ccccc1C31c2ccccc2-c2ccccc21. The van der Waals surface area contributed by atoms with Crippen LogP contribution in [0.1, 0.15) is 22.3 Å². The molecule has 0 saturated carbocycles. The Bertz CT molecular complexity index is 1740. The van der Waals surface area contributed by atoms with Crippen molar-refractivity contribution in [1.82, 2.24) is 2.78 Å². The summed E-state index contributed by atoms with van der Waals surface area (Å²) in [6.45, 7) is 0. The zero-order valence-electron chi connectivity index (χ0n) is 17.7. The predicted molar refractivity (Wildman–Crippen MR) is 145 cm³/mol. The number of halogens is 1. The van der Waals surface area contributed by atoms with Crippen molar-refractivity contribution >= 4 is 44.7 Å². The minimum absolute atomic E-state index is 0.276. The first kappa shape index (κ1) is 18.1. The smallest absolute Gasteiger partial charge is 0.0725 e. The third-order valence-electron chi connectivity index (χ3n) is 7.73. The molecular weight excluding hydrogens is 513 g/mol. The average molecular weight is 531 g/mol. The number of nitrogens with zero attached hydrogens (tertiary/aromatic N) is 1. The molecule has 1 spiro atoms. The number of hydrogen-bond donors (Lipinski definition) is 0. The molecule has 6 aromatic rings. The molecule has 8 rings (SSSR count). The van der Waals surface area contributed by atoms with Gasteiger partial charge >= 0.3 is 0 Å². The monoisotopic (exact) mass is 531 g/mol. The van der Waals surface area contributed by atoms with Gasteiger partial charge in [-0.2, -0.15) is 0 Å². The number of rotatable bonds is 0. The zero-order chi connectivity index (χ0) is 21.7. The summed E-state index contributed by atoms with van der Waals surface area (Å²) < 4.78 is 2.31. The Kier molecular flexibility index (Phi) is 3.37. The lowest BCUT2D eigenvalue weighted by molar-refractivity contribution is 0.795. The molecular formula is C31H18IN. The molecule has 2 heteroatoms. The van der Waals surface area contributed by atoms with Gasteiger partial charge in [-0.15, -0.1) is 0 Å². The van der Waals surface area contributed by atoms with Gasteiger partial charge in [-0.3, -0.25) is 2.78 Å². The van der Waals surface area contributed by atoms with Crippen molar-refractivity contribution in [3.05, 3.63) is 131 Å². The first-order valence-corrected chi connectivity index (χ1v) is 12.3. The van der Waals surface area contributed by atoms with Gasteiger partial charge in [0.1, 0.15) is 0 Å². The maximum absolute atomic E-state index is 2.49. The average Bonchev–Trinajstić information content (AvgIpc) is 3.45. The quantitative estimate of drug-likeness (QED) is 0.173. The highest BCUT2D eigenvalue weighted by Crippen LogP contribution is 2.63. The molecule has 154 valence electrons. The molecule has 33 heavy (non-hydrogen) atoms. The van der Waals surface area contributed by atoms with Crippen LogP contribution in [0, 0.1) is 0 Å². The third-order valence-corrected chi connectivity index (χ3v) is 8.77. The Morgan fingerprint density at radius 2 is 0.970 bits per heavy atom. The van der Waals surface area contributed by atoms with Crippen LogP contribution in [0.5, 0.6) is 0 Å². The van der Waals surface area contributed by atoms with E-state index in [1.165, 1.54) is 66.3 Å². The number of benzene rings is 5. The number of para-hydroxylation sites is 1. The molecule has 0 fully saturated rings. The van der Waals surface area contributed by atoms with Crippen LogP contribution >= 0.6 is 22.9 Å². The third kappa shape index (κ3) is 2.00. The second-order valence-electron chi connectivity index (χ2n) is 9.10. The predicted octanol–water partition coefficient (Wildman–Crippen LogP) is 8.34. The van der Waals surface area contributed by atoms with E-state index in [9.17, 15) is 0 Å². The number of fused-ring (bicyclic) bond motifs is 13. The maximum atomic E-state index is 2.49. The summed E-state index contributed by atoms with van der Waals surface area (Å²) in [6.07, 6.45) is 0. The highest BCUT2D eigenvalue weighted by Gasteiger charge is 2.51. The van der Waals surface area contributed by atoms with Crippen molar-refractivity contribution < 1.29 is 0 Å². The van der Waals surface area contributed by atoms with Crippen molar-refractivity contribution in [2.24, 2.45) is 0 Å². The largest absolute Gasteiger partial charge is 0.282 e. The molecule has 2 aliphatic rings. The highest BCUT2D eigenvalue weighted by molar-refractivity contribution is 14.1. The fourth-order valence-electron chi connectivity index (χ4n) is 6.51. The van der Waals surface area contributed by atoms with E-state index in [1.807, 2.05) is 0 Å². The number of aromatic nitrogens is 1. The van der Waals surface area contributed by atoms with Crippen LogP contribution in [0.25, 0.3) is 44.1 Å². The van der Waals surface area contributed by atoms with Crippen LogP contribution in [-0.2, 0) is 5.41 Å². The molecule has 0 N–H and O–H groups in total. The van der Waals surface area contributed by atoms with E-state index in [4.69, 9.17) is 0 Å². The van der Waals surface area contributed by atoms with Crippen LogP contribution < -0.4 is 0 Å². The van der Waals surface area contributed by atoms with E-state index in [0.717, 1.165) is 0 Å². The maximum Gasteiger partial charge on any atom is 0.0725 e. The lowest BCUT2D eigenvalue weighted by Gasteiger charge is -2.30. The van der Waals surface area contributed by atoms with E-state index in [0.29, 0.717) is 0 Å². The lowest BCUT2D eigenvalue weighted by atomic mass is 9.70. The molecule has 1 nitrogen and oxygen atoms in total. The standard InChI is InChI=1S/C31H18IN/c32-33-29-16-8-4-12-22(29)24-17-28-23(18-30(24)33)21-11-3-7-15-27(21)31(28)25-13-5-1-9-19(25)20-10-2-6-14-26(20)31/h1-18H. The van der Waals surface area contributed by atoms with E-state index in [1.54, 1.807) is 0 Å². The molecule has 1 aromatic heterocycles. The fraction of sp³-hybridized carbons (Fsp3) is 0.0323. The Morgan fingerprint density at radius 1 is 0.455 bits per heavy atom. The Hall–Kier alpha value is -3.37. The van der Waals surface area contributed by atoms with E-state index in [-0.39, 0.29) is 5.41 Å². The summed E-state index contributed by atoms with van der Waals surface area (Å²) in [6, 6.07) is 40.7. The van der Waals surface area contributed by atoms with Gasteiger partial charge in [0.25, 0.3) is 0 Å². The van der Waals surface area contributed by atoms with Gasteiger partial charge in [-0.05, 0) is 62.7 Å². The zero-order valence-corrected chi connectivity index (χ0v) is 19.9. The molecule has 2 aliphatic carbocycles. The summed E-state index contributed by atoms with van der Waals surface area (Å²) in [5.74, 6) is 0. The summed E-state index contributed by atoms with van der Waals surface area (Å²) in [7, 11) is 0. The van der Waals surface area contributed by atoms with Gasteiger partial charge in [0.15, 0.2) is 0 Å². The van der Waals surface area contributed by atoms with Gasteiger partial charge in [0.05, 0.1) is 39.3 Å². The Morgan fingerprint density at radius 3 is 1.61 bits per heavy atom. The van der Waals surface area contributed by atoms with Crippen LogP contribution in [0.2, 0.25) is 0 Å². The van der Waals surface area contributed by atoms with Gasteiger partial charge in [-0.1, -0.05) is 91.0 Å². The first-order valence-electron chi connectivity index (χ1n) is 11.3. The van der Waals surface area contributed by atoms with Gasteiger partial charge in [0, 0.05) is 10.8 Å². The lowest BCUT2D eigenvalue weighted by Crippen LogP contribution is -2.25. The highest BCUT2D eigenvalue weighted by atomic mass is 127. The molecule has 0 radical (unpaired) electrons. The number of hydrogen-bond acceptors (Lipinski definition) is 0. The van der Waals surface area contributed by atoms with Crippen LogP contribution in [0.4, 0.5) is 0 Å². The van der Waals surface area contributed by atoms with E-state index in [2.05, 4.69) is 135 Å². The van der Waals surface area contributed by atoms with Gasteiger partial charge in [0.2, 0.25) is 0 Å². The molecule has 5 aromatic carbocycles. The van der Waals surface area contributed by atoms with Crippen LogP contribution in [0.3, 0.4) is 0 Å². The second-order valence-corrected chi connectivity index (χ2v) is 10.1. The van der Waals surface area contributed by atoms with Crippen molar-refractivity contribution in [1.29, 1.82) is 0 Å². The van der Waals surface area contributed by atoms with E-state index < -0.39 is 0 Å². The molecule has 0 amide bonds. The topological polar surface area (TPSA) is 4.93 Å². The van der Waals surface area contributed by atoms with E-state index >= 15 is 0 Å². The molecule has 0 saturated heterocycles. The summed E-state index contributed by atoms with van der Waals surface area (Å²) in [5.41, 5.74) is 13.3. The molecule has 0 aliphatic heterocycles. The van der Waals surface area contributed by atoms with Crippen molar-refractivity contribution in [3.8, 4) is 22.3 Å². The second kappa shape index (κ2) is 6.15. The minimum atomic E-state index is -0.276. The Labute approximate surface area is 205 Å². The normalized spacial score (nSPS) is 14.5. The van der Waals surface area contributed by atoms with Crippen molar-refractivity contribution in [2.45, 2.75) is 5.41 Å². The molecule has 0 bridgehead atoms. The molecule has 1 heterocycles. The Balaban J connectivity index is 1.62. The van der Waals surface area contributed by atoms with Gasteiger partial charge in [-0.25, -0.2) is 0 Å². The van der Waals surface area contributed by atoms with Gasteiger partial charge < -0.3 is 0 Å². The minimum Gasteiger partial charge on any atom is -0.282 e. The summed E-state index contributed by atoms with van der Waals surface area (Å²) in [4.78, 5) is 0. The summed E-state index contributed by atoms with van der Waals surface area (Å²) >= 11 is 2.45. The van der Waals surface area contributed by atoms with Crippen molar-refractivity contribution in [2.75, 3.05) is 0 Å². The fourth-order valence-corrected chi connectivity index (χ4v) is 7.33. The van der Waals surface area contributed by atoms with Crippen LogP contribution in [-0.4, -0.2) is 2.78 Å². The molecule has 0 atom stereocenters. The first-order chi connectivity index (χ1) is 16.3. The van der Waals surface area contributed by atoms with Crippen LogP contribution in [0.15, 0.2) is 109 Å².